The van der Waals surface area contributed by atoms with Crippen LogP contribution in [0.2, 0.25) is 0 Å². The Bertz CT molecular complexity index is 513. The molecule has 2 N–H and O–H groups in total. The van der Waals surface area contributed by atoms with E-state index in [0.29, 0.717) is 19.0 Å². The number of aromatic nitrogens is 3. The van der Waals surface area contributed by atoms with E-state index in [4.69, 9.17) is 0 Å². The van der Waals surface area contributed by atoms with Crippen molar-refractivity contribution in [2.24, 2.45) is 5.41 Å². The molecule has 1 fully saturated rings. The standard InChI is InChI=1S/C14H25N5O2/c1-10(2)19-11(3)15-12(17-19)16-13(21)18-7-5-6-14(4,8-18)9-20/h10,20H,5-9H2,1-4H3,(H,16,17,21)/t14-/m0/s1. The van der Waals surface area contributed by atoms with Crippen LogP contribution in [0, 0.1) is 12.3 Å². The largest absolute Gasteiger partial charge is 0.396 e. The molecule has 0 bridgehead atoms. The van der Waals surface area contributed by atoms with Crippen LogP contribution in [0.15, 0.2) is 0 Å². The highest BCUT2D eigenvalue weighted by molar-refractivity contribution is 5.87. The number of carbonyl (C=O) groups excluding carboxylic acids is 1. The van der Waals surface area contributed by atoms with Gasteiger partial charge in [0, 0.05) is 24.5 Å². The fourth-order valence-electron chi connectivity index (χ4n) is 2.74. The summed E-state index contributed by atoms with van der Waals surface area (Å²) in [5, 5.41) is 16.5. The molecular formula is C14H25N5O2. The number of rotatable bonds is 3. The van der Waals surface area contributed by atoms with Gasteiger partial charge in [0.1, 0.15) is 5.82 Å². The van der Waals surface area contributed by atoms with E-state index in [9.17, 15) is 9.90 Å². The molecule has 2 heterocycles. The Balaban J connectivity index is 2.03. The summed E-state index contributed by atoms with van der Waals surface area (Å²) in [6.07, 6.45) is 1.84. The monoisotopic (exact) mass is 295 g/mol. The summed E-state index contributed by atoms with van der Waals surface area (Å²) in [5.41, 5.74) is -0.212. The molecule has 1 aromatic rings. The molecule has 2 rings (SSSR count). The van der Waals surface area contributed by atoms with E-state index in [1.807, 2.05) is 27.7 Å². The second kappa shape index (κ2) is 6.01. The van der Waals surface area contributed by atoms with Gasteiger partial charge in [0.15, 0.2) is 0 Å². The number of nitrogens with one attached hydrogen (secondary N) is 1. The smallest absolute Gasteiger partial charge is 0.324 e. The van der Waals surface area contributed by atoms with Gasteiger partial charge < -0.3 is 10.0 Å². The number of likely N-dealkylation sites (tertiary alicyclic amines) is 1. The van der Waals surface area contributed by atoms with Crippen molar-refractivity contribution in [2.45, 2.75) is 46.6 Å². The summed E-state index contributed by atoms with van der Waals surface area (Å²) in [6.45, 7) is 9.25. The molecule has 1 aliphatic heterocycles. The van der Waals surface area contributed by atoms with Crippen molar-refractivity contribution in [3.63, 3.8) is 0 Å². The van der Waals surface area contributed by atoms with Crippen molar-refractivity contribution in [1.82, 2.24) is 19.7 Å². The molecule has 0 aromatic carbocycles. The molecule has 0 saturated carbocycles. The zero-order valence-corrected chi connectivity index (χ0v) is 13.3. The van der Waals surface area contributed by atoms with E-state index in [1.165, 1.54) is 0 Å². The minimum Gasteiger partial charge on any atom is -0.396 e. The Morgan fingerprint density at radius 3 is 2.81 bits per heavy atom. The van der Waals surface area contributed by atoms with E-state index >= 15 is 0 Å². The Labute approximate surface area is 125 Å². The van der Waals surface area contributed by atoms with Crippen LogP contribution in [0.5, 0.6) is 0 Å². The Hall–Kier alpha value is -1.63. The molecule has 7 heteroatoms. The lowest BCUT2D eigenvalue weighted by Gasteiger charge is -2.38. The molecule has 0 unspecified atom stereocenters. The van der Waals surface area contributed by atoms with Crippen molar-refractivity contribution < 1.29 is 9.90 Å². The van der Waals surface area contributed by atoms with Crippen LogP contribution in [0.25, 0.3) is 0 Å². The van der Waals surface area contributed by atoms with Gasteiger partial charge in [-0.1, -0.05) is 6.92 Å². The van der Waals surface area contributed by atoms with Gasteiger partial charge in [-0.3, -0.25) is 5.32 Å². The molecule has 2 amide bonds. The van der Waals surface area contributed by atoms with Crippen LogP contribution in [0.4, 0.5) is 10.7 Å². The lowest BCUT2D eigenvalue weighted by molar-refractivity contribution is 0.0648. The van der Waals surface area contributed by atoms with Crippen LogP contribution >= 0.6 is 0 Å². The van der Waals surface area contributed by atoms with Crippen molar-refractivity contribution in [2.75, 3.05) is 25.0 Å². The number of aliphatic hydroxyl groups is 1. The first-order chi connectivity index (χ1) is 9.84. The molecule has 0 radical (unpaired) electrons. The second-order valence-electron chi connectivity index (χ2n) is 6.44. The minimum absolute atomic E-state index is 0.0934. The highest BCUT2D eigenvalue weighted by atomic mass is 16.3. The second-order valence-corrected chi connectivity index (χ2v) is 6.44. The first-order valence-corrected chi connectivity index (χ1v) is 7.44. The van der Waals surface area contributed by atoms with E-state index in [1.54, 1.807) is 9.58 Å². The van der Waals surface area contributed by atoms with Gasteiger partial charge in [-0.2, -0.15) is 4.98 Å². The number of piperidine rings is 1. The Kier molecular flexibility index (Phi) is 4.51. The summed E-state index contributed by atoms with van der Waals surface area (Å²) in [7, 11) is 0. The third-order valence-electron chi connectivity index (χ3n) is 3.96. The van der Waals surface area contributed by atoms with Crippen molar-refractivity contribution in [1.29, 1.82) is 0 Å². The van der Waals surface area contributed by atoms with Gasteiger partial charge in [0.05, 0.1) is 6.61 Å². The van der Waals surface area contributed by atoms with Gasteiger partial charge in [-0.25, -0.2) is 9.48 Å². The summed E-state index contributed by atoms with van der Waals surface area (Å²) >= 11 is 0. The first kappa shape index (κ1) is 15.8. The van der Waals surface area contributed by atoms with E-state index in [0.717, 1.165) is 18.7 Å². The molecule has 1 saturated heterocycles. The fraction of sp³-hybridized carbons (Fsp3) is 0.786. The maximum Gasteiger partial charge on any atom is 0.324 e. The number of aryl methyl sites for hydroxylation is 1. The Morgan fingerprint density at radius 1 is 1.52 bits per heavy atom. The van der Waals surface area contributed by atoms with Crippen molar-refractivity contribution in [3.05, 3.63) is 5.82 Å². The average Bonchev–Trinajstić information content (AvgIpc) is 2.80. The number of carbonyl (C=O) groups is 1. The molecule has 118 valence electrons. The maximum absolute atomic E-state index is 12.3. The lowest BCUT2D eigenvalue weighted by Crippen LogP contribution is -2.48. The average molecular weight is 295 g/mol. The molecule has 21 heavy (non-hydrogen) atoms. The molecule has 7 nitrogen and oxygen atoms in total. The zero-order chi connectivity index (χ0) is 15.6. The highest BCUT2D eigenvalue weighted by Crippen LogP contribution is 2.28. The molecule has 1 aliphatic rings. The molecule has 0 aliphatic carbocycles. The summed E-state index contributed by atoms with van der Waals surface area (Å²) < 4.78 is 1.78. The third kappa shape index (κ3) is 3.53. The zero-order valence-electron chi connectivity index (χ0n) is 13.3. The number of aliphatic hydroxyl groups excluding tert-OH is 1. The van der Waals surface area contributed by atoms with Gasteiger partial charge in [-0.15, -0.1) is 5.10 Å². The first-order valence-electron chi connectivity index (χ1n) is 7.44. The highest BCUT2D eigenvalue weighted by Gasteiger charge is 2.32. The van der Waals surface area contributed by atoms with Crippen LogP contribution in [0.3, 0.4) is 0 Å². The number of nitrogens with zero attached hydrogens (tertiary/aromatic N) is 4. The topological polar surface area (TPSA) is 83.3 Å². The van der Waals surface area contributed by atoms with Gasteiger partial charge >= 0.3 is 6.03 Å². The van der Waals surface area contributed by atoms with Crippen molar-refractivity contribution in [3.8, 4) is 0 Å². The number of amides is 2. The summed E-state index contributed by atoms with van der Waals surface area (Å²) in [4.78, 5) is 18.3. The number of anilines is 1. The number of hydrogen-bond donors (Lipinski definition) is 2. The molecular weight excluding hydrogens is 270 g/mol. The van der Waals surface area contributed by atoms with Crippen molar-refractivity contribution >= 4 is 12.0 Å². The molecule has 0 spiro atoms. The normalized spacial score (nSPS) is 22.7. The summed E-state index contributed by atoms with van der Waals surface area (Å²) in [5.74, 6) is 1.11. The predicted octanol–water partition coefficient (Wildman–Crippen LogP) is 1.79. The lowest BCUT2D eigenvalue weighted by atomic mass is 9.83. The Morgan fingerprint density at radius 2 is 2.24 bits per heavy atom. The van der Waals surface area contributed by atoms with E-state index in [-0.39, 0.29) is 24.1 Å². The third-order valence-corrected chi connectivity index (χ3v) is 3.96. The predicted molar refractivity (Wildman–Crippen MR) is 80.2 cm³/mol. The van der Waals surface area contributed by atoms with Gasteiger partial charge in [0.2, 0.25) is 5.95 Å². The minimum atomic E-state index is -0.212. The fourth-order valence-corrected chi connectivity index (χ4v) is 2.74. The van der Waals surface area contributed by atoms with E-state index in [2.05, 4.69) is 15.4 Å². The molecule has 1 atom stereocenters. The van der Waals surface area contributed by atoms with Gasteiger partial charge in [0.25, 0.3) is 0 Å². The SMILES string of the molecule is Cc1nc(NC(=O)N2CCC[C@](C)(CO)C2)nn1C(C)C. The number of hydrogen-bond acceptors (Lipinski definition) is 4. The maximum atomic E-state index is 12.3. The molecule has 1 aromatic heterocycles. The quantitative estimate of drug-likeness (QED) is 0.890. The van der Waals surface area contributed by atoms with Crippen LogP contribution in [-0.4, -0.2) is 50.5 Å². The van der Waals surface area contributed by atoms with Gasteiger partial charge in [-0.05, 0) is 33.6 Å². The van der Waals surface area contributed by atoms with Crippen LogP contribution < -0.4 is 5.32 Å². The summed E-state index contributed by atoms with van der Waals surface area (Å²) in [6, 6.07) is 0.00565. The van der Waals surface area contributed by atoms with Crippen LogP contribution in [-0.2, 0) is 0 Å². The number of urea groups is 1. The van der Waals surface area contributed by atoms with Crippen LogP contribution in [0.1, 0.15) is 45.5 Å². The van der Waals surface area contributed by atoms with E-state index < -0.39 is 0 Å².